The molecule has 2 aromatic carbocycles. The van der Waals surface area contributed by atoms with Crippen LogP contribution in [-0.4, -0.2) is 71.0 Å². The number of aliphatic hydroxyl groups excluding tert-OH is 3. The number of aryl methyl sites for hydroxylation is 1. The number of thioether (sulfide) groups is 1. The molecule has 4 aromatic rings. The van der Waals surface area contributed by atoms with Crippen molar-refractivity contribution in [2.75, 3.05) is 12.9 Å². The fourth-order valence-corrected chi connectivity index (χ4v) is 5.44. The molecule has 2 aromatic heterocycles. The lowest BCUT2D eigenvalue weighted by Crippen LogP contribution is -2.53. The highest BCUT2D eigenvalue weighted by molar-refractivity contribution is 7.98. The maximum absolute atomic E-state index is 14.6. The zero-order chi connectivity index (χ0) is 30.5. The molecule has 1 aliphatic rings. The van der Waals surface area contributed by atoms with Crippen LogP contribution in [0.25, 0.3) is 16.8 Å². The first-order valence-corrected chi connectivity index (χ1v) is 14.0. The molecule has 5 atom stereocenters. The minimum Gasteiger partial charge on any atom is -0.394 e. The Morgan fingerprint density at radius 3 is 2.50 bits per heavy atom. The Bertz CT molecular complexity index is 1620. The number of hydrogen-bond donors (Lipinski definition) is 3. The first-order chi connectivity index (χ1) is 19.8. The summed E-state index contributed by atoms with van der Waals surface area (Å²) in [5.41, 5.74) is -1.50. The van der Waals surface area contributed by atoms with Crippen LogP contribution >= 0.6 is 23.4 Å². The van der Waals surface area contributed by atoms with E-state index in [1.165, 1.54) is 49.3 Å². The van der Waals surface area contributed by atoms with Crippen LogP contribution in [0.1, 0.15) is 29.4 Å². The number of halogens is 6. The molecule has 0 aliphatic carbocycles. The van der Waals surface area contributed by atoms with Gasteiger partial charge in [0, 0.05) is 22.2 Å². The van der Waals surface area contributed by atoms with Crippen LogP contribution in [0.3, 0.4) is 0 Å². The Balaban J connectivity index is 1.59. The molecule has 9 nitrogen and oxygen atoms in total. The third kappa shape index (κ3) is 5.40. The molecular weight excluding hydrogens is 609 g/mol. The van der Waals surface area contributed by atoms with E-state index in [1.807, 2.05) is 0 Å². The first kappa shape index (κ1) is 30.4. The lowest BCUT2D eigenvalue weighted by atomic mass is 9.92. The Kier molecular flexibility index (Phi) is 8.35. The van der Waals surface area contributed by atoms with Crippen LogP contribution in [0.5, 0.6) is 0 Å². The number of alkyl halides is 3. The molecule has 3 N–H and O–H groups in total. The van der Waals surface area contributed by atoms with Gasteiger partial charge in [-0.25, -0.2) is 18.4 Å². The van der Waals surface area contributed by atoms with Gasteiger partial charge in [0.1, 0.15) is 36.3 Å². The zero-order valence-corrected chi connectivity index (χ0v) is 23.4. The largest absolute Gasteiger partial charge is 0.418 e. The minimum atomic E-state index is -4.76. The Morgan fingerprint density at radius 2 is 1.83 bits per heavy atom. The molecule has 0 unspecified atom stereocenters. The van der Waals surface area contributed by atoms with Gasteiger partial charge in [-0.05, 0) is 43.5 Å². The van der Waals surface area contributed by atoms with Crippen LogP contribution in [0.2, 0.25) is 5.02 Å². The van der Waals surface area contributed by atoms with Crippen molar-refractivity contribution in [1.29, 1.82) is 0 Å². The fourth-order valence-electron chi connectivity index (χ4n) is 4.86. The molecule has 3 heterocycles. The quantitative estimate of drug-likeness (QED) is 0.162. The zero-order valence-electron chi connectivity index (χ0n) is 21.8. The summed E-state index contributed by atoms with van der Waals surface area (Å²) in [5.74, 6) is -2.67. The van der Waals surface area contributed by atoms with Gasteiger partial charge >= 0.3 is 6.18 Å². The van der Waals surface area contributed by atoms with E-state index in [2.05, 4.69) is 15.2 Å². The van der Waals surface area contributed by atoms with Gasteiger partial charge in [-0.15, -0.1) is 11.8 Å². The number of rotatable bonds is 6. The summed E-state index contributed by atoms with van der Waals surface area (Å²) in [6.07, 6.45) is -6.80. The van der Waals surface area contributed by atoms with Gasteiger partial charge < -0.3 is 20.1 Å². The second-order valence-electron chi connectivity index (χ2n) is 9.49. The normalized spacial score (nSPS) is 23.0. The van der Waals surface area contributed by atoms with Crippen LogP contribution in [0.4, 0.5) is 22.0 Å². The van der Waals surface area contributed by atoms with E-state index in [4.69, 9.17) is 16.3 Å². The van der Waals surface area contributed by atoms with Gasteiger partial charge in [0.15, 0.2) is 17.5 Å². The summed E-state index contributed by atoms with van der Waals surface area (Å²) in [7, 11) is 0. The van der Waals surface area contributed by atoms with Crippen molar-refractivity contribution in [1.82, 2.24) is 24.5 Å². The van der Waals surface area contributed by atoms with Gasteiger partial charge in [0.2, 0.25) is 0 Å². The van der Waals surface area contributed by atoms with Gasteiger partial charge in [0.05, 0.1) is 29.1 Å². The van der Waals surface area contributed by atoms with E-state index in [-0.39, 0.29) is 28.5 Å². The number of hydrogen-bond acceptors (Lipinski definition) is 8. The second kappa shape index (κ2) is 11.5. The van der Waals surface area contributed by atoms with Crippen molar-refractivity contribution in [3.63, 3.8) is 0 Å². The predicted molar refractivity (Wildman–Crippen MR) is 141 cm³/mol. The fraction of sp³-hybridized carbons (Fsp3) is 0.346. The van der Waals surface area contributed by atoms with Gasteiger partial charge in [-0.2, -0.15) is 23.4 Å². The third-order valence-corrected chi connectivity index (χ3v) is 7.89. The summed E-state index contributed by atoms with van der Waals surface area (Å²) >= 11 is 6.85. The number of ether oxygens (including phenoxy) is 1. The molecule has 0 radical (unpaired) electrons. The van der Waals surface area contributed by atoms with E-state index in [1.54, 1.807) is 6.26 Å². The highest BCUT2D eigenvalue weighted by Crippen LogP contribution is 2.41. The average molecular weight is 632 g/mol. The smallest absolute Gasteiger partial charge is 0.394 e. The van der Waals surface area contributed by atoms with Crippen molar-refractivity contribution in [3.8, 4) is 16.8 Å². The van der Waals surface area contributed by atoms with E-state index < -0.39 is 65.5 Å². The molecule has 1 fully saturated rings. The lowest BCUT2D eigenvalue weighted by Gasteiger charge is -2.42. The molecule has 0 spiro atoms. The molecule has 42 heavy (non-hydrogen) atoms. The average Bonchev–Trinajstić information content (AvgIpc) is 3.58. The Labute approximate surface area is 244 Å². The van der Waals surface area contributed by atoms with E-state index in [9.17, 15) is 37.3 Å². The van der Waals surface area contributed by atoms with Crippen LogP contribution in [0, 0.1) is 18.6 Å². The van der Waals surface area contributed by atoms with E-state index >= 15 is 0 Å². The van der Waals surface area contributed by atoms with Crippen molar-refractivity contribution in [2.24, 2.45) is 0 Å². The van der Waals surface area contributed by atoms with Crippen LogP contribution < -0.4 is 0 Å². The summed E-state index contributed by atoms with van der Waals surface area (Å²) < 4.78 is 78.5. The maximum atomic E-state index is 14.6. The van der Waals surface area contributed by atoms with Gasteiger partial charge in [-0.3, -0.25) is 4.68 Å². The Hall–Kier alpha value is -3.08. The molecule has 1 aliphatic heterocycles. The molecule has 0 bridgehead atoms. The predicted octanol–water partition coefficient (Wildman–Crippen LogP) is 4.51. The summed E-state index contributed by atoms with van der Waals surface area (Å²) in [4.78, 5) is 4.74. The van der Waals surface area contributed by atoms with Crippen molar-refractivity contribution in [3.05, 3.63) is 76.6 Å². The van der Waals surface area contributed by atoms with Crippen LogP contribution in [0.15, 0.2) is 47.6 Å². The Morgan fingerprint density at radius 1 is 1.10 bits per heavy atom. The van der Waals surface area contributed by atoms with Gasteiger partial charge in [0.25, 0.3) is 0 Å². The molecule has 1 saturated heterocycles. The summed E-state index contributed by atoms with van der Waals surface area (Å²) in [6, 6.07) is 4.51. The van der Waals surface area contributed by atoms with Gasteiger partial charge in [-0.1, -0.05) is 11.6 Å². The highest BCUT2D eigenvalue weighted by Gasteiger charge is 2.48. The molecule has 0 saturated carbocycles. The molecule has 5 rings (SSSR count). The molecular formula is C26H23ClF5N5O4S. The molecule has 16 heteroatoms. The van der Waals surface area contributed by atoms with Crippen molar-refractivity contribution < 1.29 is 42.0 Å². The molecule has 0 amide bonds. The maximum Gasteiger partial charge on any atom is 0.418 e. The summed E-state index contributed by atoms with van der Waals surface area (Å²) in [6.45, 7) is 0.700. The van der Waals surface area contributed by atoms with Crippen molar-refractivity contribution in [2.45, 2.75) is 48.5 Å². The second-order valence-corrected chi connectivity index (χ2v) is 10.8. The molecule has 224 valence electrons. The monoisotopic (exact) mass is 631 g/mol. The lowest BCUT2D eigenvalue weighted by molar-refractivity contribution is -0.210. The van der Waals surface area contributed by atoms with Crippen molar-refractivity contribution >= 4 is 23.4 Å². The number of aromatic nitrogens is 5. The highest BCUT2D eigenvalue weighted by atomic mass is 35.5. The standard InChI is InChI=1S/C26H23ClF5N5O4S/c1-11-34-25(37(35-11)17-7-13(42-2)3-5-15(17)26(30,31)32)24-23(40)21(22(39)18(10-38)41-24)36-9-12(8-33-36)14-4-6-16(27)20(29)19(14)28/h3-9,18,21-24,38-40H,10H2,1-2H3/t18-,21+,22+,23-,24-/m1/s1. The van der Waals surface area contributed by atoms with E-state index in [0.717, 1.165) is 21.5 Å². The topological polar surface area (TPSA) is 118 Å². The first-order valence-electron chi connectivity index (χ1n) is 12.3. The summed E-state index contributed by atoms with van der Waals surface area (Å²) in [5, 5.41) is 40.2. The SMILES string of the molecule is CSc1ccc(C(F)(F)F)c(-n2nc(C)nc2[C@@H]2O[C@H](CO)[C@H](O)[C@H](n3cc(-c4ccc(Cl)c(F)c4F)cn3)[C@H]2O)c1. The minimum absolute atomic E-state index is 0.0633. The van der Waals surface area contributed by atoms with Crippen LogP contribution in [-0.2, 0) is 10.9 Å². The number of nitrogens with zero attached hydrogens (tertiary/aromatic N) is 5. The number of aliphatic hydroxyl groups is 3. The third-order valence-electron chi connectivity index (χ3n) is 6.88. The number of benzene rings is 2. The van der Waals surface area contributed by atoms with E-state index in [0.29, 0.717) is 4.90 Å².